The highest BCUT2D eigenvalue weighted by atomic mass is 16.5. The fraction of sp³-hybridized carbons (Fsp3) is 0.588. The number of ether oxygens (including phenoxy) is 1. The summed E-state index contributed by atoms with van der Waals surface area (Å²) in [6.07, 6.45) is 3.55. The van der Waals surface area contributed by atoms with E-state index >= 15 is 0 Å². The molecule has 1 fully saturated rings. The van der Waals surface area contributed by atoms with Gasteiger partial charge in [0.2, 0.25) is 0 Å². The van der Waals surface area contributed by atoms with Gasteiger partial charge in [-0.25, -0.2) is 4.79 Å². The number of rotatable bonds is 3. The molecule has 2 unspecified atom stereocenters. The molecule has 3 N–H and O–H groups in total. The van der Waals surface area contributed by atoms with E-state index in [0.29, 0.717) is 28.6 Å². The zero-order valence-corrected chi connectivity index (χ0v) is 13.4. The summed E-state index contributed by atoms with van der Waals surface area (Å²) in [5.41, 5.74) is 8.40. The van der Waals surface area contributed by atoms with Crippen LogP contribution < -0.4 is 11.1 Å². The van der Waals surface area contributed by atoms with E-state index in [1.807, 2.05) is 6.07 Å². The van der Waals surface area contributed by atoms with E-state index in [1.54, 1.807) is 12.1 Å². The van der Waals surface area contributed by atoms with E-state index in [-0.39, 0.29) is 5.97 Å². The molecule has 0 aliphatic heterocycles. The molecule has 1 saturated carbocycles. The topological polar surface area (TPSA) is 64.3 Å². The van der Waals surface area contributed by atoms with Crippen molar-refractivity contribution in [1.29, 1.82) is 0 Å². The minimum absolute atomic E-state index is 0.357. The molecule has 0 radical (unpaired) electrons. The molecule has 0 aromatic heterocycles. The molecule has 0 bridgehead atoms. The van der Waals surface area contributed by atoms with E-state index in [1.165, 1.54) is 13.5 Å². The lowest BCUT2D eigenvalue weighted by molar-refractivity contribution is 0.0601. The number of hydrogen-bond acceptors (Lipinski definition) is 4. The molecule has 2 atom stereocenters. The van der Waals surface area contributed by atoms with Gasteiger partial charge in [-0.3, -0.25) is 0 Å². The van der Waals surface area contributed by atoms with Gasteiger partial charge in [-0.05, 0) is 48.8 Å². The number of carbonyl (C=O) groups excluding carboxylic acids is 1. The van der Waals surface area contributed by atoms with Gasteiger partial charge in [0, 0.05) is 6.04 Å². The molecule has 1 aliphatic rings. The van der Waals surface area contributed by atoms with Crippen molar-refractivity contribution in [2.24, 2.45) is 11.3 Å². The minimum atomic E-state index is -0.360. The van der Waals surface area contributed by atoms with E-state index in [9.17, 15) is 4.79 Å². The highest BCUT2D eigenvalue weighted by Gasteiger charge is 2.32. The van der Waals surface area contributed by atoms with Crippen LogP contribution in [0.5, 0.6) is 0 Å². The molecule has 0 amide bonds. The Morgan fingerprint density at radius 2 is 2.10 bits per heavy atom. The van der Waals surface area contributed by atoms with Crippen molar-refractivity contribution in [3.05, 3.63) is 23.8 Å². The molecule has 0 spiro atoms. The SMILES string of the molecule is COC(=O)c1ccc(NC2CC(C)CC(C)(C)C2)c(N)c1. The summed E-state index contributed by atoms with van der Waals surface area (Å²) in [6.45, 7) is 6.95. The highest BCUT2D eigenvalue weighted by Crippen LogP contribution is 2.40. The van der Waals surface area contributed by atoms with Crippen molar-refractivity contribution in [1.82, 2.24) is 0 Å². The molecule has 116 valence electrons. The Kier molecular flexibility index (Phi) is 4.45. The van der Waals surface area contributed by atoms with Gasteiger partial charge in [0.25, 0.3) is 0 Å². The summed E-state index contributed by atoms with van der Waals surface area (Å²) in [6, 6.07) is 5.72. The number of nitrogens with one attached hydrogen (secondary N) is 1. The van der Waals surface area contributed by atoms with Crippen LogP contribution in [0.15, 0.2) is 18.2 Å². The fourth-order valence-corrected chi connectivity index (χ4v) is 3.61. The molecular formula is C17H26N2O2. The number of anilines is 2. The molecule has 21 heavy (non-hydrogen) atoms. The summed E-state index contributed by atoms with van der Waals surface area (Å²) < 4.78 is 4.71. The van der Waals surface area contributed by atoms with Crippen molar-refractivity contribution in [2.45, 2.75) is 46.1 Å². The molecule has 2 rings (SSSR count). The Hall–Kier alpha value is -1.71. The van der Waals surface area contributed by atoms with Crippen LogP contribution in [0.2, 0.25) is 0 Å². The van der Waals surface area contributed by atoms with Gasteiger partial charge < -0.3 is 15.8 Å². The average Bonchev–Trinajstić information content (AvgIpc) is 2.37. The predicted octanol–water partition coefficient (Wildman–Crippen LogP) is 3.68. The Morgan fingerprint density at radius 1 is 1.38 bits per heavy atom. The zero-order valence-electron chi connectivity index (χ0n) is 13.4. The van der Waals surface area contributed by atoms with Crippen LogP contribution in [0.1, 0.15) is 50.4 Å². The fourth-order valence-electron chi connectivity index (χ4n) is 3.61. The second kappa shape index (κ2) is 5.96. The van der Waals surface area contributed by atoms with Gasteiger partial charge in [0.05, 0.1) is 24.0 Å². The standard InChI is InChI=1S/C17H26N2O2/c1-11-7-13(10-17(2,3)9-11)19-15-6-5-12(8-14(15)18)16(20)21-4/h5-6,8,11,13,19H,7,9-10,18H2,1-4H3. The van der Waals surface area contributed by atoms with Gasteiger partial charge >= 0.3 is 5.97 Å². The first-order valence-electron chi connectivity index (χ1n) is 7.55. The summed E-state index contributed by atoms with van der Waals surface area (Å²) >= 11 is 0. The third-order valence-corrected chi connectivity index (χ3v) is 4.22. The molecule has 1 aromatic rings. The molecule has 4 nitrogen and oxygen atoms in total. The highest BCUT2D eigenvalue weighted by molar-refractivity contribution is 5.91. The molecule has 0 heterocycles. The van der Waals surface area contributed by atoms with Crippen LogP contribution in [-0.2, 0) is 4.74 Å². The van der Waals surface area contributed by atoms with Crippen molar-refractivity contribution >= 4 is 17.3 Å². The number of nitrogen functional groups attached to an aromatic ring is 1. The van der Waals surface area contributed by atoms with E-state index in [2.05, 4.69) is 26.1 Å². The van der Waals surface area contributed by atoms with Gasteiger partial charge in [-0.2, -0.15) is 0 Å². The van der Waals surface area contributed by atoms with Gasteiger partial charge in [-0.1, -0.05) is 20.8 Å². The van der Waals surface area contributed by atoms with Crippen molar-refractivity contribution in [3.8, 4) is 0 Å². The van der Waals surface area contributed by atoms with Gasteiger partial charge in [-0.15, -0.1) is 0 Å². The van der Waals surface area contributed by atoms with Crippen LogP contribution in [0.25, 0.3) is 0 Å². The van der Waals surface area contributed by atoms with Crippen molar-refractivity contribution < 1.29 is 9.53 Å². The largest absolute Gasteiger partial charge is 0.465 e. The third kappa shape index (κ3) is 3.90. The molecular weight excluding hydrogens is 264 g/mol. The maximum absolute atomic E-state index is 11.5. The first kappa shape index (κ1) is 15.7. The quantitative estimate of drug-likeness (QED) is 0.658. The normalized spacial score (nSPS) is 24.4. The maximum atomic E-state index is 11.5. The number of nitrogens with two attached hydrogens (primary N) is 1. The van der Waals surface area contributed by atoms with Crippen LogP contribution in [0.3, 0.4) is 0 Å². The number of hydrogen-bond donors (Lipinski definition) is 2. The molecule has 1 aromatic carbocycles. The lowest BCUT2D eigenvalue weighted by atomic mass is 9.70. The first-order chi connectivity index (χ1) is 9.80. The zero-order chi connectivity index (χ0) is 15.6. The summed E-state index contributed by atoms with van der Waals surface area (Å²) in [7, 11) is 1.37. The number of carbonyl (C=O) groups is 1. The smallest absolute Gasteiger partial charge is 0.337 e. The monoisotopic (exact) mass is 290 g/mol. The average molecular weight is 290 g/mol. The van der Waals surface area contributed by atoms with E-state index in [0.717, 1.165) is 18.5 Å². The van der Waals surface area contributed by atoms with Crippen LogP contribution in [0.4, 0.5) is 11.4 Å². The molecule has 0 saturated heterocycles. The van der Waals surface area contributed by atoms with E-state index < -0.39 is 0 Å². The van der Waals surface area contributed by atoms with Gasteiger partial charge in [0.15, 0.2) is 0 Å². The Morgan fingerprint density at radius 3 is 2.67 bits per heavy atom. The predicted molar refractivity (Wildman–Crippen MR) is 86.4 cm³/mol. The van der Waals surface area contributed by atoms with Crippen molar-refractivity contribution in [2.75, 3.05) is 18.2 Å². The molecule has 4 heteroatoms. The third-order valence-electron chi connectivity index (χ3n) is 4.22. The Labute approximate surface area is 127 Å². The lowest BCUT2D eigenvalue weighted by Gasteiger charge is -2.39. The van der Waals surface area contributed by atoms with Crippen LogP contribution >= 0.6 is 0 Å². The second-order valence-electron chi connectivity index (χ2n) is 7.05. The maximum Gasteiger partial charge on any atom is 0.337 e. The number of methoxy groups -OCH3 is 1. The first-order valence-corrected chi connectivity index (χ1v) is 7.55. The summed E-state index contributed by atoms with van der Waals surface area (Å²) in [4.78, 5) is 11.5. The Bertz CT molecular complexity index is 526. The summed E-state index contributed by atoms with van der Waals surface area (Å²) in [5, 5.41) is 3.54. The second-order valence-corrected chi connectivity index (χ2v) is 7.05. The van der Waals surface area contributed by atoms with Crippen LogP contribution in [-0.4, -0.2) is 19.1 Å². The Balaban J connectivity index is 2.11. The van der Waals surface area contributed by atoms with Gasteiger partial charge in [0.1, 0.15) is 0 Å². The van der Waals surface area contributed by atoms with E-state index in [4.69, 9.17) is 10.5 Å². The molecule has 1 aliphatic carbocycles. The minimum Gasteiger partial charge on any atom is -0.465 e. The van der Waals surface area contributed by atoms with Crippen LogP contribution in [0, 0.1) is 11.3 Å². The number of benzene rings is 1. The summed E-state index contributed by atoms with van der Waals surface area (Å²) in [5.74, 6) is 0.350. The van der Waals surface area contributed by atoms with Crippen molar-refractivity contribution in [3.63, 3.8) is 0 Å². The number of esters is 1. The lowest BCUT2D eigenvalue weighted by Crippen LogP contribution is -2.35.